The number of hydrogen-bond acceptors (Lipinski definition) is 4. The van der Waals surface area contributed by atoms with Gasteiger partial charge < -0.3 is 5.32 Å². The van der Waals surface area contributed by atoms with Crippen LogP contribution < -0.4 is 5.32 Å². The molecule has 2 aliphatic rings. The summed E-state index contributed by atoms with van der Waals surface area (Å²) >= 11 is 6.27. The van der Waals surface area contributed by atoms with Crippen molar-refractivity contribution in [2.45, 2.75) is 115 Å². The Morgan fingerprint density at radius 1 is 0.615 bits per heavy atom. The molecule has 0 radical (unpaired) electrons. The standard InChI is InChI=1S/C21H35ClN4/c22-20-24-19(17-13-9-5-1-2-6-10-14-17)25-21(26-20)23-18-15-11-7-3-4-8-12-16-18/h17-18H,1-16H2,(H,23,24,25,26). The number of nitrogens with one attached hydrogen (secondary N) is 1. The predicted octanol–water partition coefficient (Wildman–Crippen LogP) is 6.66. The van der Waals surface area contributed by atoms with Crippen LogP contribution in [0.1, 0.15) is 114 Å². The van der Waals surface area contributed by atoms with Crippen molar-refractivity contribution < 1.29 is 0 Å². The molecule has 1 aromatic heterocycles. The maximum atomic E-state index is 6.27. The lowest BCUT2D eigenvalue weighted by atomic mass is 9.96. The second-order valence-corrected chi connectivity index (χ2v) is 8.56. The van der Waals surface area contributed by atoms with E-state index >= 15 is 0 Å². The van der Waals surface area contributed by atoms with E-state index in [1.807, 2.05) is 0 Å². The van der Waals surface area contributed by atoms with E-state index in [1.165, 1.54) is 103 Å². The highest BCUT2D eigenvalue weighted by Gasteiger charge is 2.19. The van der Waals surface area contributed by atoms with Crippen molar-refractivity contribution in [1.82, 2.24) is 15.0 Å². The molecule has 1 aromatic rings. The zero-order chi connectivity index (χ0) is 18.0. The SMILES string of the molecule is Clc1nc(NC2CCCCCCCC2)nc(C2CCCCCCCC2)n1. The molecule has 0 aliphatic heterocycles. The fourth-order valence-corrected chi connectivity index (χ4v) is 4.63. The van der Waals surface area contributed by atoms with Gasteiger partial charge in [0, 0.05) is 12.0 Å². The van der Waals surface area contributed by atoms with Crippen molar-refractivity contribution in [1.29, 1.82) is 0 Å². The van der Waals surface area contributed by atoms with Crippen molar-refractivity contribution in [3.63, 3.8) is 0 Å². The van der Waals surface area contributed by atoms with Crippen LogP contribution in [0, 0.1) is 0 Å². The second-order valence-electron chi connectivity index (χ2n) is 8.22. The van der Waals surface area contributed by atoms with Gasteiger partial charge in [0.1, 0.15) is 5.82 Å². The Hall–Kier alpha value is -0.900. The van der Waals surface area contributed by atoms with E-state index < -0.39 is 0 Å². The predicted molar refractivity (Wildman–Crippen MR) is 109 cm³/mol. The van der Waals surface area contributed by atoms with Crippen molar-refractivity contribution >= 4 is 17.5 Å². The molecule has 0 bridgehead atoms. The van der Waals surface area contributed by atoms with E-state index in [1.54, 1.807) is 0 Å². The Balaban J connectivity index is 1.67. The maximum Gasteiger partial charge on any atom is 0.227 e. The van der Waals surface area contributed by atoms with Gasteiger partial charge in [-0.3, -0.25) is 0 Å². The summed E-state index contributed by atoms with van der Waals surface area (Å²) in [7, 11) is 0. The van der Waals surface area contributed by atoms with E-state index in [0.29, 0.717) is 23.2 Å². The Morgan fingerprint density at radius 2 is 1.12 bits per heavy atom. The van der Waals surface area contributed by atoms with E-state index in [9.17, 15) is 0 Å². The molecule has 3 rings (SSSR count). The molecule has 0 amide bonds. The third-order valence-electron chi connectivity index (χ3n) is 6.03. The minimum absolute atomic E-state index is 0.348. The quantitative estimate of drug-likeness (QED) is 0.638. The summed E-state index contributed by atoms with van der Waals surface area (Å²) in [6.45, 7) is 0. The van der Waals surface area contributed by atoms with Gasteiger partial charge in [0.2, 0.25) is 11.2 Å². The van der Waals surface area contributed by atoms with Crippen LogP contribution in [0.4, 0.5) is 5.95 Å². The lowest BCUT2D eigenvalue weighted by molar-refractivity contribution is 0.512. The van der Waals surface area contributed by atoms with Gasteiger partial charge in [-0.1, -0.05) is 77.0 Å². The van der Waals surface area contributed by atoms with E-state index in [-0.39, 0.29) is 0 Å². The lowest BCUT2D eigenvalue weighted by Crippen LogP contribution is -2.22. The molecule has 2 aliphatic carbocycles. The van der Waals surface area contributed by atoms with Crippen LogP contribution in [0.2, 0.25) is 5.28 Å². The van der Waals surface area contributed by atoms with Gasteiger partial charge >= 0.3 is 0 Å². The number of aromatic nitrogens is 3. The van der Waals surface area contributed by atoms with Gasteiger partial charge in [0.25, 0.3) is 0 Å². The maximum absolute atomic E-state index is 6.27. The third kappa shape index (κ3) is 6.68. The van der Waals surface area contributed by atoms with Crippen molar-refractivity contribution in [2.24, 2.45) is 0 Å². The minimum atomic E-state index is 0.348. The van der Waals surface area contributed by atoms with Crippen molar-refractivity contribution in [3.05, 3.63) is 11.1 Å². The number of hydrogen-bond donors (Lipinski definition) is 1. The van der Waals surface area contributed by atoms with E-state index in [4.69, 9.17) is 16.6 Å². The second kappa shape index (κ2) is 11.1. The minimum Gasteiger partial charge on any atom is -0.351 e. The van der Waals surface area contributed by atoms with Gasteiger partial charge in [0.05, 0.1) is 0 Å². The molecule has 0 atom stereocenters. The average Bonchev–Trinajstić information content (AvgIpc) is 2.84. The molecule has 5 heteroatoms. The molecule has 146 valence electrons. The number of nitrogens with zero attached hydrogens (tertiary/aromatic N) is 3. The Morgan fingerprint density at radius 3 is 1.69 bits per heavy atom. The molecule has 0 saturated heterocycles. The first-order valence-electron chi connectivity index (χ1n) is 11.0. The fraction of sp³-hybridized carbons (Fsp3) is 0.857. The smallest absolute Gasteiger partial charge is 0.227 e. The highest BCUT2D eigenvalue weighted by atomic mass is 35.5. The summed E-state index contributed by atoms with van der Waals surface area (Å²) in [5.74, 6) is 2.05. The molecular formula is C21H35ClN4. The van der Waals surface area contributed by atoms with Crippen LogP contribution in [0.5, 0.6) is 0 Å². The molecule has 2 fully saturated rings. The summed E-state index contributed by atoms with van der Waals surface area (Å²) in [6.07, 6.45) is 20.8. The zero-order valence-electron chi connectivity index (χ0n) is 16.2. The zero-order valence-corrected chi connectivity index (χ0v) is 16.9. The molecule has 4 nitrogen and oxygen atoms in total. The summed E-state index contributed by atoms with van der Waals surface area (Å²) < 4.78 is 0. The summed E-state index contributed by atoms with van der Waals surface area (Å²) in [5.41, 5.74) is 0. The molecule has 26 heavy (non-hydrogen) atoms. The van der Waals surface area contributed by atoms with Crippen molar-refractivity contribution in [3.8, 4) is 0 Å². The summed E-state index contributed by atoms with van der Waals surface area (Å²) in [5, 5.41) is 3.94. The first-order chi connectivity index (χ1) is 12.8. The van der Waals surface area contributed by atoms with Gasteiger partial charge in [-0.2, -0.15) is 9.97 Å². The molecule has 2 saturated carbocycles. The molecule has 0 spiro atoms. The number of halogens is 1. The van der Waals surface area contributed by atoms with E-state index in [0.717, 1.165) is 5.82 Å². The molecule has 0 aromatic carbocycles. The van der Waals surface area contributed by atoms with Crippen LogP contribution in [0.15, 0.2) is 0 Å². The van der Waals surface area contributed by atoms with Crippen LogP contribution in [0.3, 0.4) is 0 Å². The Kier molecular flexibility index (Phi) is 8.44. The number of rotatable bonds is 3. The Bertz CT molecular complexity index is 517. The first kappa shape index (κ1) is 19.9. The molecule has 0 unspecified atom stereocenters. The molecule has 1 N–H and O–H groups in total. The lowest BCUT2D eigenvalue weighted by Gasteiger charge is -2.20. The summed E-state index contributed by atoms with van der Waals surface area (Å²) in [6, 6.07) is 0.472. The average molecular weight is 379 g/mol. The largest absolute Gasteiger partial charge is 0.351 e. The van der Waals surface area contributed by atoms with Crippen LogP contribution >= 0.6 is 11.6 Å². The molecule has 1 heterocycles. The van der Waals surface area contributed by atoms with Gasteiger partial charge in [-0.25, -0.2) is 4.98 Å². The van der Waals surface area contributed by atoms with Gasteiger partial charge in [0.15, 0.2) is 0 Å². The molecular weight excluding hydrogens is 344 g/mol. The van der Waals surface area contributed by atoms with Crippen LogP contribution in [-0.2, 0) is 0 Å². The first-order valence-corrected chi connectivity index (χ1v) is 11.4. The van der Waals surface area contributed by atoms with Crippen LogP contribution in [0.25, 0.3) is 0 Å². The fourth-order valence-electron chi connectivity index (χ4n) is 4.46. The van der Waals surface area contributed by atoms with Crippen molar-refractivity contribution in [2.75, 3.05) is 5.32 Å². The highest BCUT2D eigenvalue weighted by Crippen LogP contribution is 2.29. The monoisotopic (exact) mass is 378 g/mol. The van der Waals surface area contributed by atoms with Crippen LogP contribution in [-0.4, -0.2) is 21.0 Å². The number of anilines is 1. The summed E-state index contributed by atoms with van der Waals surface area (Å²) in [4.78, 5) is 13.7. The Labute approximate surface area is 164 Å². The third-order valence-corrected chi connectivity index (χ3v) is 6.20. The topological polar surface area (TPSA) is 50.7 Å². The van der Waals surface area contributed by atoms with Gasteiger partial charge in [-0.05, 0) is 37.3 Å². The normalized spacial score (nSPS) is 22.3. The highest BCUT2D eigenvalue weighted by molar-refractivity contribution is 6.28. The van der Waals surface area contributed by atoms with E-state index in [2.05, 4.69) is 15.3 Å². The van der Waals surface area contributed by atoms with Gasteiger partial charge in [-0.15, -0.1) is 0 Å².